The molecule has 0 spiro atoms. The molecule has 1 heterocycles. The van der Waals surface area contributed by atoms with Crippen LogP contribution in [-0.2, 0) is 4.74 Å². The standard InChI is InChI=1S/C16H18N2O5/c1-10(2)8-14(23-3)13(9-17(21)22)18-15(19)11-6-4-5-7-12(11)16(18)20/h4-8,13-14H,9H2,1-3H3/t13-,14+/m1/s1. The van der Waals surface area contributed by atoms with Crippen LogP contribution in [0.2, 0.25) is 0 Å². The van der Waals surface area contributed by atoms with E-state index in [1.807, 2.05) is 13.8 Å². The molecule has 122 valence electrons. The Morgan fingerprint density at radius 2 is 1.78 bits per heavy atom. The highest BCUT2D eigenvalue weighted by atomic mass is 16.6. The molecule has 23 heavy (non-hydrogen) atoms. The van der Waals surface area contributed by atoms with Gasteiger partial charge in [0.25, 0.3) is 11.8 Å². The number of amides is 2. The fourth-order valence-corrected chi connectivity index (χ4v) is 2.66. The van der Waals surface area contributed by atoms with Crippen molar-refractivity contribution in [2.24, 2.45) is 0 Å². The van der Waals surface area contributed by atoms with Gasteiger partial charge in [0, 0.05) is 12.0 Å². The Hall–Kier alpha value is -2.54. The monoisotopic (exact) mass is 318 g/mol. The Balaban J connectivity index is 2.45. The fraction of sp³-hybridized carbons (Fsp3) is 0.375. The largest absolute Gasteiger partial charge is 0.375 e. The van der Waals surface area contributed by atoms with E-state index in [9.17, 15) is 19.7 Å². The minimum Gasteiger partial charge on any atom is -0.375 e. The number of hydrogen-bond donors (Lipinski definition) is 0. The number of fused-ring (bicyclic) bond motifs is 1. The van der Waals surface area contributed by atoms with Crippen molar-refractivity contribution in [2.75, 3.05) is 13.7 Å². The van der Waals surface area contributed by atoms with Crippen LogP contribution in [-0.4, -0.2) is 47.4 Å². The Morgan fingerprint density at radius 1 is 1.26 bits per heavy atom. The van der Waals surface area contributed by atoms with E-state index >= 15 is 0 Å². The Bertz CT molecular complexity index is 644. The van der Waals surface area contributed by atoms with E-state index in [-0.39, 0.29) is 11.1 Å². The summed E-state index contributed by atoms with van der Waals surface area (Å²) in [5.74, 6) is -1.05. The number of carbonyl (C=O) groups is 2. The van der Waals surface area contributed by atoms with Gasteiger partial charge in [-0.05, 0) is 26.0 Å². The zero-order chi connectivity index (χ0) is 17.1. The molecule has 0 N–H and O–H groups in total. The van der Waals surface area contributed by atoms with E-state index in [1.54, 1.807) is 30.3 Å². The van der Waals surface area contributed by atoms with Gasteiger partial charge in [-0.2, -0.15) is 0 Å². The number of methoxy groups -OCH3 is 1. The fourth-order valence-electron chi connectivity index (χ4n) is 2.66. The predicted octanol–water partition coefficient (Wildman–Crippen LogP) is 1.91. The number of nitro groups is 1. The third-order valence-electron chi connectivity index (χ3n) is 3.64. The average Bonchev–Trinajstić information content (AvgIpc) is 2.75. The second kappa shape index (κ2) is 6.70. The van der Waals surface area contributed by atoms with Gasteiger partial charge in [-0.3, -0.25) is 24.6 Å². The summed E-state index contributed by atoms with van der Waals surface area (Å²) in [4.78, 5) is 36.5. The number of hydrogen-bond acceptors (Lipinski definition) is 5. The number of imide groups is 1. The molecule has 0 aromatic heterocycles. The molecule has 0 unspecified atom stereocenters. The van der Waals surface area contributed by atoms with Gasteiger partial charge < -0.3 is 4.74 Å². The molecular weight excluding hydrogens is 300 g/mol. The van der Waals surface area contributed by atoms with Gasteiger partial charge in [0.15, 0.2) is 0 Å². The second-order valence-corrected chi connectivity index (χ2v) is 5.55. The number of nitrogens with zero attached hydrogens (tertiary/aromatic N) is 2. The van der Waals surface area contributed by atoms with Crippen LogP contribution in [0.3, 0.4) is 0 Å². The lowest BCUT2D eigenvalue weighted by Gasteiger charge is -2.28. The van der Waals surface area contributed by atoms with Crippen molar-refractivity contribution in [1.82, 2.24) is 4.90 Å². The van der Waals surface area contributed by atoms with Crippen molar-refractivity contribution in [3.8, 4) is 0 Å². The highest BCUT2D eigenvalue weighted by molar-refractivity contribution is 6.21. The summed E-state index contributed by atoms with van der Waals surface area (Å²) in [5, 5.41) is 11.0. The molecule has 2 rings (SSSR count). The summed E-state index contributed by atoms with van der Waals surface area (Å²) in [6, 6.07) is 5.39. The first-order valence-corrected chi connectivity index (χ1v) is 7.13. The van der Waals surface area contributed by atoms with Gasteiger partial charge in [-0.1, -0.05) is 23.8 Å². The third-order valence-corrected chi connectivity index (χ3v) is 3.64. The van der Waals surface area contributed by atoms with Crippen molar-refractivity contribution >= 4 is 11.8 Å². The quantitative estimate of drug-likeness (QED) is 0.346. The first-order valence-electron chi connectivity index (χ1n) is 7.13. The molecule has 1 aromatic rings. The van der Waals surface area contributed by atoms with E-state index in [4.69, 9.17) is 4.74 Å². The van der Waals surface area contributed by atoms with Crippen LogP contribution in [0.5, 0.6) is 0 Å². The highest BCUT2D eigenvalue weighted by Gasteiger charge is 2.44. The Kier molecular flexibility index (Phi) is 4.90. The summed E-state index contributed by atoms with van der Waals surface area (Å²) >= 11 is 0. The summed E-state index contributed by atoms with van der Waals surface area (Å²) in [6.45, 7) is 3.06. The zero-order valence-electron chi connectivity index (χ0n) is 13.2. The summed E-state index contributed by atoms with van der Waals surface area (Å²) < 4.78 is 5.31. The number of benzene rings is 1. The number of rotatable bonds is 6. The predicted molar refractivity (Wildman–Crippen MR) is 82.8 cm³/mol. The van der Waals surface area contributed by atoms with E-state index < -0.39 is 35.4 Å². The van der Waals surface area contributed by atoms with Gasteiger partial charge in [-0.25, -0.2) is 0 Å². The van der Waals surface area contributed by atoms with E-state index in [2.05, 4.69) is 0 Å². The SMILES string of the molecule is CO[C@@H](C=C(C)C)[C@@H](C[N+](=O)[O-])N1C(=O)c2ccccc2C1=O. The van der Waals surface area contributed by atoms with Crippen molar-refractivity contribution in [3.63, 3.8) is 0 Å². The van der Waals surface area contributed by atoms with E-state index in [0.717, 1.165) is 10.5 Å². The van der Waals surface area contributed by atoms with Gasteiger partial charge in [0.1, 0.15) is 12.1 Å². The molecule has 0 saturated heterocycles. The second-order valence-electron chi connectivity index (χ2n) is 5.55. The summed E-state index contributed by atoms with van der Waals surface area (Å²) in [6.07, 6.45) is 0.935. The molecule has 0 aliphatic carbocycles. The molecule has 0 fully saturated rings. The molecule has 1 aromatic carbocycles. The van der Waals surface area contributed by atoms with Gasteiger partial charge in [0.2, 0.25) is 6.54 Å². The molecule has 0 radical (unpaired) electrons. The maximum absolute atomic E-state index is 12.5. The van der Waals surface area contributed by atoms with Crippen molar-refractivity contribution in [1.29, 1.82) is 0 Å². The van der Waals surface area contributed by atoms with E-state index in [1.165, 1.54) is 7.11 Å². The van der Waals surface area contributed by atoms with Crippen molar-refractivity contribution < 1.29 is 19.2 Å². The molecule has 1 aliphatic rings. The zero-order valence-corrected chi connectivity index (χ0v) is 13.2. The number of carbonyl (C=O) groups excluding carboxylic acids is 2. The third kappa shape index (κ3) is 3.29. The highest BCUT2D eigenvalue weighted by Crippen LogP contribution is 2.26. The summed E-state index contributed by atoms with van der Waals surface area (Å²) in [5.41, 5.74) is 1.40. The van der Waals surface area contributed by atoms with Gasteiger partial charge >= 0.3 is 0 Å². The van der Waals surface area contributed by atoms with Crippen LogP contribution in [0, 0.1) is 10.1 Å². The van der Waals surface area contributed by atoms with Crippen LogP contribution < -0.4 is 0 Å². The van der Waals surface area contributed by atoms with Crippen LogP contribution >= 0.6 is 0 Å². The molecule has 1 aliphatic heterocycles. The van der Waals surface area contributed by atoms with E-state index in [0.29, 0.717) is 0 Å². The molecule has 0 bridgehead atoms. The molecule has 2 amide bonds. The van der Waals surface area contributed by atoms with Gasteiger partial charge in [0.05, 0.1) is 11.1 Å². The Labute approximate surface area is 133 Å². The van der Waals surface area contributed by atoms with Crippen LogP contribution in [0.1, 0.15) is 34.6 Å². The molecular formula is C16H18N2O5. The number of allylic oxidation sites excluding steroid dienone is 1. The average molecular weight is 318 g/mol. The normalized spacial score (nSPS) is 16.0. The van der Waals surface area contributed by atoms with Crippen LogP contribution in [0.4, 0.5) is 0 Å². The topological polar surface area (TPSA) is 89.8 Å². The molecule has 7 nitrogen and oxygen atoms in total. The number of ether oxygens (including phenoxy) is 1. The van der Waals surface area contributed by atoms with Crippen LogP contribution in [0.25, 0.3) is 0 Å². The van der Waals surface area contributed by atoms with Crippen molar-refractivity contribution in [3.05, 3.63) is 57.2 Å². The Morgan fingerprint density at radius 3 is 2.17 bits per heavy atom. The summed E-state index contributed by atoms with van der Waals surface area (Å²) in [7, 11) is 1.40. The van der Waals surface area contributed by atoms with Crippen molar-refractivity contribution in [2.45, 2.75) is 26.0 Å². The minimum absolute atomic E-state index is 0.262. The maximum Gasteiger partial charge on any atom is 0.262 e. The lowest BCUT2D eigenvalue weighted by atomic mass is 10.1. The lowest BCUT2D eigenvalue weighted by Crippen LogP contribution is -2.50. The van der Waals surface area contributed by atoms with Gasteiger partial charge in [-0.15, -0.1) is 0 Å². The lowest BCUT2D eigenvalue weighted by molar-refractivity contribution is -0.487. The minimum atomic E-state index is -1.00. The van der Waals surface area contributed by atoms with Crippen LogP contribution in [0.15, 0.2) is 35.9 Å². The molecule has 0 saturated carbocycles. The maximum atomic E-state index is 12.5. The first kappa shape index (κ1) is 16.8. The smallest absolute Gasteiger partial charge is 0.262 e. The molecule has 2 atom stereocenters. The molecule has 7 heteroatoms. The first-order chi connectivity index (χ1) is 10.9.